The predicted molar refractivity (Wildman–Crippen MR) is 86.0 cm³/mol. The molecule has 1 amide bonds. The zero-order chi connectivity index (χ0) is 15.6. The van der Waals surface area contributed by atoms with Crippen LogP contribution >= 0.6 is 0 Å². The van der Waals surface area contributed by atoms with Crippen molar-refractivity contribution in [1.29, 1.82) is 0 Å². The third-order valence-corrected chi connectivity index (χ3v) is 3.09. The summed E-state index contributed by atoms with van der Waals surface area (Å²) in [5.74, 6) is 0.561. The third kappa shape index (κ3) is 5.22. The van der Waals surface area contributed by atoms with Gasteiger partial charge in [-0.25, -0.2) is 0 Å². The standard InChI is InChI=1S/C18H21NO3/c1-2-21-11-12-22-17-10-6-9-16(13-17)18(20)19-14-15-7-4-3-5-8-15/h3-10,13H,2,11-12,14H2,1H3,(H,19,20). The summed E-state index contributed by atoms with van der Waals surface area (Å²) in [4.78, 5) is 12.2. The van der Waals surface area contributed by atoms with Crippen LogP contribution in [-0.4, -0.2) is 25.7 Å². The smallest absolute Gasteiger partial charge is 0.251 e. The van der Waals surface area contributed by atoms with Crippen LogP contribution in [0.4, 0.5) is 0 Å². The number of nitrogens with one attached hydrogen (secondary N) is 1. The van der Waals surface area contributed by atoms with Gasteiger partial charge in [0, 0.05) is 18.7 Å². The normalized spacial score (nSPS) is 10.2. The lowest BCUT2D eigenvalue weighted by Gasteiger charge is -2.09. The summed E-state index contributed by atoms with van der Waals surface area (Å²) >= 11 is 0. The second-order valence-electron chi connectivity index (χ2n) is 4.74. The van der Waals surface area contributed by atoms with Crippen molar-refractivity contribution in [3.8, 4) is 5.75 Å². The van der Waals surface area contributed by atoms with E-state index < -0.39 is 0 Å². The lowest BCUT2D eigenvalue weighted by Crippen LogP contribution is -2.22. The first-order valence-corrected chi connectivity index (χ1v) is 7.42. The number of amides is 1. The zero-order valence-electron chi connectivity index (χ0n) is 12.7. The fourth-order valence-corrected chi connectivity index (χ4v) is 1.97. The fourth-order valence-electron chi connectivity index (χ4n) is 1.97. The van der Waals surface area contributed by atoms with E-state index in [0.29, 0.717) is 37.7 Å². The van der Waals surface area contributed by atoms with Crippen LogP contribution in [0.2, 0.25) is 0 Å². The van der Waals surface area contributed by atoms with E-state index in [1.54, 1.807) is 12.1 Å². The molecule has 2 rings (SSSR count). The van der Waals surface area contributed by atoms with Gasteiger partial charge in [0.05, 0.1) is 6.61 Å². The van der Waals surface area contributed by atoms with E-state index in [9.17, 15) is 4.79 Å². The SMILES string of the molecule is CCOCCOc1cccc(C(=O)NCc2ccccc2)c1. The second-order valence-corrected chi connectivity index (χ2v) is 4.74. The number of carbonyl (C=O) groups is 1. The number of hydrogen-bond donors (Lipinski definition) is 1. The van der Waals surface area contributed by atoms with Crippen molar-refractivity contribution >= 4 is 5.91 Å². The Kier molecular flexibility index (Phi) is 6.45. The van der Waals surface area contributed by atoms with Crippen LogP contribution in [0, 0.1) is 0 Å². The van der Waals surface area contributed by atoms with Crippen molar-refractivity contribution in [2.24, 2.45) is 0 Å². The zero-order valence-corrected chi connectivity index (χ0v) is 12.7. The Balaban J connectivity index is 1.86. The molecule has 4 heteroatoms. The number of benzene rings is 2. The highest BCUT2D eigenvalue weighted by Crippen LogP contribution is 2.13. The Morgan fingerprint density at radius 3 is 2.64 bits per heavy atom. The van der Waals surface area contributed by atoms with Gasteiger partial charge in [-0.15, -0.1) is 0 Å². The van der Waals surface area contributed by atoms with Crippen molar-refractivity contribution < 1.29 is 14.3 Å². The molecule has 0 aliphatic carbocycles. The van der Waals surface area contributed by atoms with Crippen molar-refractivity contribution in [3.63, 3.8) is 0 Å². The highest BCUT2D eigenvalue weighted by Gasteiger charge is 2.06. The van der Waals surface area contributed by atoms with Crippen molar-refractivity contribution in [2.75, 3.05) is 19.8 Å². The van der Waals surface area contributed by atoms with E-state index in [1.807, 2.05) is 49.4 Å². The predicted octanol–water partition coefficient (Wildman–Crippen LogP) is 3.03. The molecule has 0 atom stereocenters. The summed E-state index contributed by atoms with van der Waals surface area (Å²) < 4.78 is 10.8. The van der Waals surface area contributed by atoms with E-state index in [-0.39, 0.29) is 5.91 Å². The highest BCUT2D eigenvalue weighted by molar-refractivity contribution is 5.94. The Bertz CT molecular complexity index is 584. The summed E-state index contributed by atoms with van der Waals surface area (Å²) in [7, 11) is 0. The first-order valence-electron chi connectivity index (χ1n) is 7.42. The minimum Gasteiger partial charge on any atom is -0.491 e. The largest absolute Gasteiger partial charge is 0.491 e. The van der Waals surface area contributed by atoms with Crippen molar-refractivity contribution in [3.05, 3.63) is 65.7 Å². The molecule has 4 nitrogen and oxygen atoms in total. The molecule has 0 unspecified atom stereocenters. The number of carbonyl (C=O) groups excluding carboxylic acids is 1. The van der Waals surface area contributed by atoms with E-state index >= 15 is 0 Å². The summed E-state index contributed by atoms with van der Waals surface area (Å²) in [5, 5.41) is 2.90. The summed E-state index contributed by atoms with van der Waals surface area (Å²) in [6.45, 7) is 4.14. The second kappa shape index (κ2) is 8.85. The molecular formula is C18H21NO3. The fraction of sp³-hybridized carbons (Fsp3) is 0.278. The Hall–Kier alpha value is -2.33. The molecule has 0 bridgehead atoms. The maximum absolute atomic E-state index is 12.2. The van der Waals surface area contributed by atoms with Crippen LogP contribution in [0.25, 0.3) is 0 Å². The molecular weight excluding hydrogens is 278 g/mol. The summed E-state index contributed by atoms with van der Waals surface area (Å²) in [6.07, 6.45) is 0. The number of ether oxygens (including phenoxy) is 2. The topological polar surface area (TPSA) is 47.6 Å². The van der Waals surface area contributed by atoms with Gasteiger partial charge in [0.2, 0.25) is 0 Å². The lowest BCUT2D eigenvalue weighted by molar-refractivity contribution is 0.0949. The maximum Gasteiger partial charge on any atom is 0.251 e. The Labute approximate surface area is 131 Å². The van der Waals surface area contributed by atoms with Crippen LogP contribution in [0.1, 0.15) is 22.8 Å². The van der Waals surface area contributed by atoms with Crippen molar-refractivity contribution in [2.45, 2.75) is 13.5 Å². The third-order valence-electron chi connectivity index (χ3n) is 3.09. The van der Waals surface area contributed by atoms with E-state index in [2.05, 4.69) is 5.32 Å². The van der Waals surface area contributed by atoms with Crippen LogP contribution in [0.15, 0.2) is 54.6 Å². The molecule has 0 fully saturated rings. The van der Waals surface area contributed by atoms with Crippen LogP contribution < -0.4 is 10.1 Å². The molecule has 0 spiro atoms. The monoisotopic (exact) mass is 299 g/mol. The van der Waals surface area contributed by atoms with Crippen molar-refractivity contribution in [1.82, 2.24) is 5.32 Å². The van der Waals surface area contributed by atoms with Gasteiger partial charge in [0.15, 0.2) is 0 Å². The Morgan fingerprint density at radius 1 is 1.05 bits per heavy atom. The maximum atomic E-state index is 12.2. The average molecular weight is 299 g/mol. The van der Waals surface area contributed by atoms with Gasteiger partial charge in [0.1, 0.15) is 12.4 Å². The van der Waals surface area contributed by atoms with E-state index in [4.69, 9.17) is 9.47 Å². The molecule has 2 aromatic rings. The van der Waals surface area contributed by atoms with Gasteiger partial charge in [-0.3, -0.25) is 4.79 Å². The number of hydrogen-bond acceptors (Lipinski definition) is 3. The lowest BCUT2D eigenvalue weighted by atomic mass is 10.2. The minimum absolute atomic E-state index is 0.112. The van der Waals surface area contributed by atoms with Crippen LogP contribution in [0.3, 0.4) is 0 Å². The molecule has 0 aliphatic rings. The molecule has 1 N–H and O–H groups in total. The van der Waals surface area contributed by atoms with Gasteiger partial charge in [-0.2, -0.15) is 0 Å². The van der Waals surface area contributed by atoms with Gasteiger partial charge in [0.25, 0.3) is 5.91 Å². The molecule has 116 valence electrons. The first kappa shape index (κ1) is 16.0. The van der Waals surface area contributed by atoms with Gasteiger partial charge in [-0.1, -0.05) is 36.4 Å². The van der Waals surface area contributed by atoms with Crippen LogP contribution in [-0.2, 0) is 11.3 Å². The minimum atomic E-state index is -0.112. The van der Waals surface area contributed by atoms with Crippen LogP contribution in [0.5, 0.6) is 5.75 Å². The van der Waals surface area contributed by atoms with Gasteiger partial charge >= 0.3 is 0 Å². The molecule has 2 aromatic carbocycles. The molecule has 0 saturated carbocycles. The van der Waals surface area contributed by atoms with Gasteiger partial charge in [-0.05, 0) is 30.7 Å². The Morgan fingerprint density at radius 2 is 1.86 bits per heavy atom. The quantitative estimate of drug-likeness (QED) is 0.762. The summed E-state index contributed by atoms with van der Waals surface area (Å²) in [6, 6.07) is 17.0. The molecule has 0 aromatic heterocycles. The molecule has 0 heterocycles. The first-order chi connectivity index (χ1) is 10.8. The molecule has 0 saturated heterocycles. The molecule has 22 heavy (non-hydrogen) atoms. The highest BCUT2D eigenvalue weighted by atomic mass is 16.5. The molecule has 0 radical (unpaired) electrons. The summed E-state index contributed by atoms with van der Waals surface area (Å²) in [5.41, 5.74) is 1.66. The van der Waals surface area contributed by atoms with E-state index in [0.717, 1.165) is 5.56 Å². The molecule has 0 aliphatic heterocycles. The number of rotatable bonds is 8. The van der Waals surface area contributed by atoms with Gasteiger partial charge < -0.3 is 14.8 Å². The average Bonchev–Trinajstić information content (AvgIpc) is 2.58. The van der Waals surface area contributed by atoms with E-state index in [1.165, 1.54) is 0 Å².